The van der Waals surface area contributed by atoms with Crippen LogP contribution in [0.3, 0.4) is 0 Å². The van der Waals surface area contributed by atoms with Crippen molar-refractivity contribution in [3.8, 4) is 0 Å². The van der Waals surface area contributed by atoms with Gasteiger partial charge in [-0.05, 0) is 72.9 Å². The van der Waals surface area contributed by atoms with Crippen molar-refractivity contribution in [3.63, 3.8) is 0 Å². The molecule has 4 unspecified atom stereocenters. The molecule has 5 atom stereocenters. The van der Waals surface area contributed by atoms with Crippen molar-refractivity contribution in [1.82, 2.24) is 4.57 Å². The summed E-state index contributed by atoms with van der Waals surface area (Å²) in [5.41, 5.74) is 1.76. The number of halogens is 3. The van der Waals surface area contributed by atoms with Gasteiger partial charge in [0.15, 0.2) is 0 Å². The summed E-state index contributed by atoms with van der Waals surface area (Å²) >= 11 is 21.3. The molecule has 1 aromatic heterocycles. The Hall–Kier alpha value is -1.44. The first-order valence-corrected chi connectivity index (χ1v) is 14.1. The number of fused-ring (bicyclic) bond motifs is 6. The molecule has 0 spiro atoms. The Morgan fingerprint density at radius 1 is 1.03 bits per heavy atom. The molecule has 2 fully saturated rings. The van der Waals surface area contributed by atoms with Crippen LogP contribution in [-0.4, -0.2) is 15.7 Å². The maximum Gasteiger partial charge on any atom is 0.308 e. The quantitative estimate of drug-likeness (QED) is 0.374. The standard InChI is InChI=1S/C25H21Cl3N2O2S2/c26-15-5-3-12(4-6-15)20-21-13-1-2-14(9-13)22(21)33-24-23(20)34-25(32)30(24)11-19(31)29-16-7-8-17(27)18(28)10-16/h3-8,10,13-14,20-22H,1-2,9,11H2,(H,29,31)/t13?,14?,20-,21?,22?/m1/s1. The van der Waals surface area contributed by atoms with Crippen LogP contribution in [0.15, 0.2) is 52.3 Å². The van der Waals surface area contributed by atoms with Crippen LogP contribution in [0, 0.1) is 17.8 Å². The zero-order valence-electron chi connectivity index (χ0n) is 18.0. The van der Waals surface area contributed by atoms with Gasteiger partial charge in [0.1, 0.15) is 6.54 Å². The van der Waals surface area contributed by atoms with Crippen molar-refractivity contribution >= 4 is 69.5 Å². The molecule has 176 valence electrons. The summed E-state index contributed by atoms with van der Waals surface area (Å²) in [6, 6.07) is 13.0. The average Bonchev–Trinajstić information content (AvgIpc) is 3.50. The summed E-state index contributed by atoms with van der Waals surface area (Å²) in [5.74, 6) is 1.80. The molecule has 1 aliphatic heterocycles. The first-order chi connectivity index (χ1) is 16.4. The zero-order chi connectivity index (χ0) is 23.6. The predicted molar refractivity (Wildman–Crippen MR) is 141 cm³/mol. The SMILES string of the molecule is O=C(Cn1c2c(sc1=O)[C@H](c1ccc(Cl)cc1)C1C3CCC(C3)C1S2)Nc1ccc(Cl)c(Cl)c1. The Bertz CT molecular complexity index is 1340. The molecular weight excluding hydrogens is 531 g/mol. The highest BCUT2D eigenvalue weighted by atomic mass is 35.5. The molecule has 0 radical (unpaired) electrons. The van der Waals surface area contributed by atoms with E-state index in [1.54, 1.807) is 22.8 Å². The highest BCUT2D eigenvalue weighted by Gasteiger charge is 2.55. The molecule has 34 heavy (non-hydrogen) atoms. The largest absolute Gasteiger partial charge is 0.324 e. The molecule has 1 N–H and O–H groups in total. The van der Waals surface area contributed by atoms with Gasteiger partial charge >= 0.3 is 4.87 Å². The second-order valence-electron chi connectivity index (χ2n) is 9.32. The second-order valence-corrected chi connectivity index (χ2v) is 12.7. The molecule has 2 aliphatic carbocycles. The number of rotatable bonds is 4. The van der Waals surface area contributed by atoms with Crippen molar-refractivity contribution in [2.75, 3.05) is 5.32 Å². The van der Waals surface area contributed by atoms with Gasteiger partial charge in [-0.3, -0.25) is 14.2 Å². The first kappa shape index (κ1) is 23.0. The van der Waals surface area contributed by atoms with Crippen LogP contribution in [-0.2, 0) is 11.3 Å². The van der Waals surface area contributed by atoms with E-state index in [9.17, 15) is 9.59 Å². The number of carbonyl (C=O) groups excluding carboxylic acids is 1. The van der Waals surface area contributed by atoms with Gasteiger partial charge in [0.2, 0.25) is 5.91 Å². The van der Waals surface area contributed by atoms with Gasteiger partial charge in [0, 0.05) is 26.8 Å². The van der Waals surface area contributed by atoms with Crippen LogP contribution < -0.4 is 10.2 Å². The van der Waals surface area contributed by atoms with Gasteiger partial charge in [0.25, 0.3) is 0 Å². The molecule has 2 bridgehead atoms. The smallest absolute Gasteiger partial charge is 0.308 e. The molecule has 2 heterocycles. The number of amides is 1. The second kappa shape index (κ2) is 8.90. The van der Waals surface area contributed by atoms with E-state index in [0.29, 0.717) is 43.8 Å². The average molecular weight is 552 g/mol. The fraction of sp³-hybridized carbons (Fsp3) is 0.360. The minimum atomic E-state index is -0.264. The summed E-state index contributed by atoms with van der Waals surface area (Å²) in [6.07, 6.45) is 3.80. The summed E-state index contributed by atoms with van der Waals surface area (Å²) in [6.45, 7) is -0.0310. The minimum absolute atomic E-state index is 0.0310. The number of nitrogens with zero attached hydrogens (tertiary/aromatic N) is 1. The third-order valence-electron chi connectivity index (χ3n) is 7.42. The lowest BCUT2D eigenvalue weighted by Gasteiger charge is -2.40. The van der Waals surface area contributed by atoms with Gasteiger partial charge in [-0.15, -0.1) is 11.8 Å². The lowest BCUT2D eigenvalue weighted by atomic mass is 9.75. The molecule has 1 amide bonds. The van der Waals surface area contributed by atoms with Crippen LogP contribution in [0.1, 0.15) is 35.6 Å². The molecule has 4 nitrogen and oxygen atoms in total. The molecule has 0 saturated heterocycles. The van der Waals surface area contributed by atoms with E-state index < -0.39 is 0 Å². The Morgan fingerprint density at radius 3 is 2.56 bits per heavy atom. The van der Waals surface area contributed by atoms with Gasteiger partial charge in [-0.25, -0.2) is 0 Å². The molecule has 3 aliphatic rings. The normalized spacial score (nSPS) is 26.9. The van der Waals surface area contributed by atoms with Crippen molar-refractivity contribution < 1.29 is 4.79 Å². The summed E-state index contributed by atoms with van der Waals surface area (Å²) in [5, 5.41) is 5.78. The number of benzene rings is 2. The molecule has 2 saturated carbocycles. The van der Waals surface area contributed by atoms with Crippen LogP contribution in [0.4, 0.5) is 5.69 Å². The third kappa shape index (κ3) is 3.92. The Kier molecular flexibility index (Phi) is 6.01. The maximum atomic E-state index is 13.2. The molecule has 9 heteroatoms. The van der Waals surface area contributed by atoms with Crippen LogP contribution in [0.5, 0.6) is 0 Å². The van der Waals surface area contributed by atoms with Crippen molar-refractivity contribution in [3.05, 3.63) is 77.6 Å². The summed E-state index contributed by atoms with van der Waals surface area (Å²) in [7, 11) is 0. The van der Waals surface area contributed by atoms with E-state index in [-0.39, 0.29) is 23.2 Å². The van der Waals surface area contributed by atoms with Gasteiger partial charge in [0.05, 0.1) is 15.1 Å². The number of nitrogens with one attached hydrogen (secondary N) is 1. The number of aromatic nitrogens is 1. The van der Waals surface area contributed by atoms with E-state index in [1.807, 2.05) is 23.9 Å². The monoisotopic (exact) mass is 550 g/mol. The molecule has 2 aromatic carbocycles. The Morgan fingerprint density at radius 2 is 1.79 bits per heavy atom. The van der Waals surface area contributed by atoms with Gasteiger partial charge in [-0.2, -0.15) is 0 Å². The van der Waals surface area contributed by atoms with Crippen molar-refractivity contribution in [1.29, 1.82) is 0 Å². The fourth-order valence-corrected chi connectivity index (χ4v) is 9.62. The Labute approximate surface area is 220 Å². The summed E-state index contributed by atoms with van der Waals surface area (Å²) in [4.78, 5) is 27.0. The molecule has 6 rings (SSSR count). The lowest BCUT2D eigenvalue weighted by Crippen LogP contribution is -2.34. The lowest BCUT2D eigenvalue weighted by molar-refractivity contribution is -0.116. The van der Waals surface area contributed by atoms with Crippen molar-refractivity contribution in [2.24, 2.45) is 17.8 Å². The molecule has 3 aromatic rings. The van der Waals surface area contributed by atoms with E-state index in [0.717, 1.165) is 9.90 Å². The highest BCUT2D eigenvalue weighted by Crippen LogP contribution is 2.64. The molecular formula is C25H21Cl3N2O2S2. The minimum Gasteiger partial charge on any atom is -0.324 e. The van der Waals surface area contributed by atoms with Crippen LogP contribution in [0.2, 0.25) is 15.1 Å². The van der Waals surface area contributed by atoms with Crippen LogP contribution in [0.25, 0.3) is 0 Å². The number of hydrogen-bond donors (Lipinski definition) is 1. The first-order valence-electron chi connectivity index (χ1n) is 11.3. The third-order valence-corrected chi connectivity index (χ3v) is 11.2. The van der Waals surface area contributed by atoms with Gasteiger partial charge in [-0.1, -0.05) is 58.3 Å². The van der Waals surface area contributed by atoms with Crippen molar-refractivity contribution in [2.45, 2.75) is 42.0 Å². The van der Waals surface area contributed by atoms with E-state index in [4.69, 9.17) is 34.8 Å². The highest BCUT2D eigenvalue weighted by molar-refractivity contribution is 8.00. The van der Waals surface area contributed by atoms with E-state index in [1.165, 1.54) is 36.2 Å². The number of thioether (sulfide) groups is 1. The van der Waals surface area contributed by atoms with Crippen LogP contribution >= 0.6 is 57.9 Å². The Balaban J connectivity index is 1.35. The van der Waals surface area contributed by atoms with E-state index in [2.05, 4.69) is 17.4 Å². The number of hydrogen-bond acceptors (Lipinski definition) is 4. The predicted octanol–water partition coefficient (Wildman–Crippen LogP) is 7.16. The maximum absolute atomic E-state index is 13.2. The number of anilines is 1. The fourth-order valence-electron chi connectivity index (χ4n) is 6.05. The number of thiazole rings is 1. The summed E-state index contributed by atoms with van der Waals surface area (Å²) < 4.78 is 1.66. The number of carbonyl (C=O) groups is 1. The zero-order valence-corrected chi connectivity index (χ0v) is 21.9. The topological polar surface area (TPSA) is 51.1 Å². The van der Waals surface area contributed by atoms with Gasteiger partial charge < -0.3 is 5.32 Å². The van der Waals surface area contributed by atoms with E-state index >= 15 is 0 Å².